The zero-order valence-corrected chi connectivity index (χ0v) is 12.0. The highest BCUT2D eigenvalue weighted by atomic mass is 32.1. The van der Waals surface area contributed by atoms with Crippen molar-refractivity contribution in [2.24, 2.45) is 11.7 Å². The lowest BCUT2D eigenvalue weighted by Gasteiger charge is -2.13. The molecule has 2 aromatic rings. The average molecular weight is 286 g/mol. The molecule has 1 unspecified atom stereocenters. The van der Waals surface area contributed by atoms with E-state index < -0.39 is 0 Å². The molecule has 1 amide bonds. The lowest BCUT2D eigenvalue weighted by atomic mass is 10.1. The summed E-state index contributed by atoms with van der Waals surface area (Å²) in [6.07, 6.45) is 2.74. The van der Waals surface area contributed by atoms with Gasteiger partial charge in [-0.2, -0.15) is 0 Å². The molecule has 0 saturated heterocycles. The lowest BCUT2D eigenvalue weighted by Crippen LogP contribution is -2.28. The van der Waals surface area contributed by atoms with Crippen LogP contribution < -0.4 is 11.1 Å². The standard InChI is InChI=1S/C16H18N2OS/c17-13(11-7-8-11)10-16(19)18-14-5-2-1-4-12(14)15-6-3-9-20-15/h1-6,9,11,13H,7-8,10,17H2,(H,18,19). The zero-order valence-electron chi connectivity index (χ0n) is 11.2. The normalized spacial score (nSPS) is 15.8. The Morgan fingerprint density at radius 2 is 2.10 bits per heavy atom. The van der Waals surface area contributed by atoms with Crippen LogP contribution in [0.3, 0.4) is 0 Å². The third kappa shape index (κ3) is 3.08. The molecule has 1 atom stereocenters. The maximum absolute atomic E-state index is 12.1. The first-order valence-corrected chi connectivity index (χ1v) is 7.80. The highest BCUT2D eigenvalue weighted by molar-refractivity contribution is 7.13. The van der Waals surface area contributed by atoms with Crippen molar-refractivity contribution in [1.82, 2.24) is 0 Å². The number of hydrogen-bond donors (Lipinski definition) is 2. The molecular formula is C16H18N2OS. The molecule has 3 rings (SSSR count). The van der Waals surface area contributed by atoms with E-state index in [4.69, 9.17) is 5.73 Å². The van der Waals surface area contributed by atoms with Gasteiger partial charge in [0, 0.05) is 28.6 Å². The number of thiophene rings is 1. The minimum Gasteiger partial charge on any atom is -0.327 e. The molecule has 3 N–H and O–H groups in total. The van der Waals surface area contributed by atoms with Gasteiger partial charge in [0.1, 0.15) is 0 Å². The highest BCUT2D eigenvalue weighted by Gasteiger charge is 2.29. The van der Waals surface area contributed by atoms with Crippen molar-refractivity contribution < 1.29 is 4.79 Å². The molecule has 4 heteroatoms. The number of nitrogens with one attached hydrogen (secondary N) is 1. The summed E-state index contributed by atoms with van der Waals surface area (Å²) in [5, 5.41) is 5.04. The number of rotatable bonds is 5. The van der Waals surface area contributed by atoms with Gasteiger partial charge in [-0.15, -0.1) is 11.3 Å². The smallest absolute Gasteiger partial charge is 0.225 e. The van der Waals surface area contributed by atoms with Crippen molar-refractivity contribution in [3.8, 4) is 10.4 Å². The molecule has 20 heavy (non-hydrogen) atoms. The van der Waals surface area contributed by atoms with E-state index in [2.05, 4.69) is 11.4 Å². The number of benzene rings is 1. The maximum Gasteiger partial charge on any atom is 0.225 e. The summed E-state index contributed by atoms with van der Waals surface area (Å²) in [4.78, 5) is 13.2. The average Bonchev–Trinajstić information content (AvgIpc) is 3.15. The molecule has 1 saturated carbocycles. The number of nitrogens with two attached hydrogens (primary N) is 1. The van der Waals surface area contributed by atoms with E-state index in [0.29, 0.717) is 12.3 Å². The largest absolute Gasteiger partial charge is 0.327 e. The fraction of sp³-hybridized carbons (Fsp3) is 0.312. The fourth-order valence-electron chi connectivity index (χ4n) is 2.35. The fourth-order valence-corrected chi connectivity index (χ4v) is 3.11. The van der Waals surface area contributed by atoms with Gasteiger partial charge in [-0.1, -0.05) is 24.3 Å². The summed E-state index contributed by atoms with van der Waals surface area (Å²) in [6.45, 7) is 0. The second-order valence-electron chi connectivity index (χ2n) is 5.28. The Morgan fingerprint density at radius 3 is 2.80 bits per heavy atom. The number of carbonyl (C=O) groups excluding carboxylic acids is 1. The highest BCUT2D eigenvalue weighted by Crippen LogP contribution is 2.34. The molecule has 1 aliphatic carbocycles. The maximum atomic E-state index is 12.1. The third-order valence-corrected chi connectivity index (χ3v) is 4.54. The summed E-state index contributed by atoms with van der Waals surface area (Å²) in [6, 6.07) is 12.0. The topological polar surface area (TPSA) is 55.1 Å². The lowest BCUT2D eigenvalue weighted by molar-refractivity contribution is -0.116. The molecule has 1 aromatic heterocycles. The van der Waals surface area contributed by atoms with Crippen molar-refractivity contribution >= 4 is 22.9 Å². The molecule has 1 heterocycles. The van der Waals surface area contributed by atoms with Crippen molar-refractivity contribution in [2.75, 3.05) is 5.32 Å². The number of amides is 1. The summed E-state index contributed by atoms with van der Waals surface area (Å²) in [5.41, 5.74) is 7.94. The van der Waals surface area contributed by atoms with Gasteiger partial charge in [0.2, 0.25) is 5.91 Å². The van der Waals surface area contributed by atoms with E-state index in [1.807, 2.05) is 35.7 Å². The van der Waals surface area contributed by atoms with Crippen LogP contribution >= 0.6 is 11.3 Å². The summed E-state index contributed by atoms with van der Waals surface area (Å²) in [7, 11) is 0. The summed E-state index contributed by atoms with van der Waals surface area (Å²) < 4.78 is 0. The molecule has 1 fully saturated rings. The Hall–Kier alpha value is -1.65. The van der Waals surface area contributed by atoms with Crippen molar-refractivity contribution in [3.05, 3.63) is 41.8 Å². The number of hydrogen-bond acceptors (Lipinski definition) is 3. The Morgan fingerprint density at radius 1 is 1.30 bits per heavy atom. The predicted molar refractivity (Wildman–Crippen MR) is 83.7 cm³/mol. The SMILES string of the molecule is NC(CC(=O)Nc1ccccc1-c1cccs1)C1CC1. The minimum absolute atomic E-state index is 0.00361. The van der Waals surface area contributed by atoms with Gasteiger partial charge >= 0.3 is 0 Å². The van der Waals surface area contributed by atoms with Gasteiger partial charge in [0.05, 0.1) is 0 Å². The van der Waals surface area contributed by atoms with Crippen LogP contribution in [0.15, 0.2) is 41.8 Å². The molecule has 0 bridgehead atoms. The van der Waals surface area contributed by atoms with E-state index >= 15 is 0 Å². The molecule has 0 radical (unpaired) electrons. The first kappa shape index (κ1) is 13.3. The first-order valence-electron chi connectivity index (χ1n) is 6.92. The molecule has 3 nitrogen and oxygen atoms in total. The number of anilines is 1. The van der Waals surface area contributed by atoms with Crippen LogP contribution in [0.2, 0.25) is 0 Å². The van der Waals surface area contributed by atoms with Crippen molar-refractivity contribution in [3.63, 3.8) is 0 Å². The molecule has 0 aliphatic heterocycles. The van der Waals surface area contributed by atoms with Crippen LogP contribution in [0.1, 0.15) is 19.3 Å². The van der Waals surface area contributed by atoms with Crippen LogP contribution in [0.5, 0.6) is 0 Å². The molecule has 1 aliphatic rings. The van der Waals surface area contributed by atoms with E-state index in [0.717, 1.165) is 16.1 Å². The first-order chi connectivity index (χ1) is 9.74. The van der Waals surface area contributed by atoms with Crippen LogP contribution in [-0.4, -0.2) is 11.9 Å². The van der Waals surface area contributed by atoms with Gasteiger partial charge in [-0.3, -0.25) is 4.79 Å². The molecular weight excluding hydrogens is 268 g/mol. The molecule has 104 valence electrons. The van der Waals surface area contributed by atoms with Crippen LogP contribution in [-0.2, 0) is 4.79 Å². The second-order valence-corrected chi connectivity index (χ2v) is 6.22. The number of carbonyl (C=O) groups is 1. The van der Waals surface area contributed by atoms with E-state index in [1.54, 1.807) is 11.3 Å². The Bertz CT molecular complexity index is 590. The monoisotopic (exact) mass is 286 g/mol. The van der Waals surface area contributed by atoms with Crippen molar-refractivity contribution in [1.29, 1.82) is 0 Å². The Balaban J connectivity index is 1.72. The Kier molecular flexibility index (Phi) is 3.85. The van der Waals surface area contributed by atoms with Crippen LogP contribution in [0.25, 0.3) is 10.4 Å². The molecule has 1 aromatic carbocycles. The van der Waals surface area contributed by atoms with Crippen molar-refractivity contribution in [2.45, 2.75) is 25.3 Å². The van der Waals surface area contributed by atoms with E-state index in [9.17, 15) is 4.79 Å². The van der Waals surface area contributed by atoms with Gasteiger partial charge in [0.15, 0.2) is 0 Å². The van der Waals surface area contributed by atoms with Gasteiger partial charge < -0.3 is 11.1 Å². The molecule has 0 spiro atoms. The van der Waals surface area contributed by atoms with Gasteiger partial charge in [0.25, 0.3) is 0 Å². The Labute approximate surface area is 122 Å². The van der Waals surface area contributed by atoms with Crippen LogP contribution in [0, 0.1) is 5.92 Å². The predicted octanol–water partition coefficient (Wildman–Crippen LogP) is 3.48. The quantitative estimate of drug-likeness (QED) is 0.884. The number of para-hydroxylation sites is 1. The summed E-state index contributed by atoms with van der Waals surface area (Å²) in [5.74, 6) is 0.557. The van der Waals surface area contributed by atoms with Crippen LogP contribution in [0.4, 0.5) is 5.69 Å². The summed E-state index contributed by atoms with van der Waals surface area (Å²) >= 11 is 1.67. The zero-order chi connectivity index (χ0) is 13.9. The van der Waals surface area contributed by atoms with Gasteiger partial charge in [-0.05, 0) is 36.3 Å². The minimum atomic E-state index is 0.00361. The van der Waals surface area contributed by atoms with Gasteiger partial charge in [-0.25, -0.2) is 0 Å². The second kappa shape index (κ2) is 5.77. The van der Waals surface area contributed by atoms with E-state index in [-0.39, 0.29) is 11.9 Å². The third-order valence-electron chi connectivity index (χ3n) is 3.64. The van der Waals surface area contributed by atoms with E-state index in [1.165, 1.54) is 12.8 Å².